The minimum atomic E-state index is -0.328. The lowest BCUT2D eigenvalue weighted by atomic mass is 9.49. The quantitative estimate of drug-likeness (QED) is 0.741. The molecule has 1 aromatic heterocycles. The number of nitriles is 1. The normalized spacial score (nSPS) is 21.0. The SMILES string of the molecule is COc1cc(OC2C(C)(C)C(NC(=O)c3cnc(C(C)C)cn3)C2(C)C)ccc1C#N.[HH]. The Morgan fingerprint density at radius 3 is 2.39 bits per heavy atom. The third kappa shape index (κ3) is 4.07. The molecule has 3 rings (SSSR count). The zero-order valence-corrected chi connectivity index (χ0v) is 19.2. The number of rotatable bonds is 6. The summed E-state index contributed by atoms with van der Waals surface area (Å²) in [6.07, 6.45) is 3.03. The maximum atomic E-state index is 12.8. The van der Waals surface area contributed by atoms with Crippen molar-refractivity contribution in [1.29, 1.82) is 5.26 Å². The zero-order valence-electron chi connectivity index (χ0n) is 19.2. The Hall–Kier alpha value is -3.14. The van der Waals surface area contributed by atoms with E-state index in [1.807, 2.05) is 13.8 Å². The number of nitrogens with one attached hydrogen (secondary N) is 1. The molecule has 0 radical (unpaired) electrons. The van der Waals surface area contributed by atoms with Gasteiger partial charge in [-0.1, -0.05) is 41.5 Å². The molecule has 1 fully saturated rings. The molecule has 0 bridgehead atoms. The van der Waals surface area contributed by atoms with E-state index in [0.29, 0.717) is 22.8 Å². The van der Waals surface area contributed by atoms with Crippen molar-refractivity contribution in [2.45, 2.75) is 59.6 Å². The van der Waals surface area contributed by atoms with Crippen LogP contribution in [0.1, 0.15) is 70.6 Å². The van der Waals surface area contributed by atoms with E-state index < -0.39 is 0 Å². The van der Waals surface area contributed by atoms with Crippen molar-refractivity contribution in [1.82, 2.24) is 15.3 Å². The van der Waals surface area contributed by atoms with Gasteiger partial charge in [-0.3, -0.25) is 9.78 Å². The predicted molar refractivity (Wildman–Crippen MR) is 119 cm³/mol. The molecule has 1 saturated carbocycles. The van der Waals surface area contributed by atoms with Crippen LogP contribution in [0.25, 0.3) is 0 Å². The molecule has 1 N–H and O–H groups in total. The Morgan fingerprint density at radius 2 is 1.87 bits per heavy atom. The summed E-state index contributed by atoms with van der Waals surface area (Å²) in [4.78, 5) is 21.4. The molecule has 1 aliphatic rings. The van der Waals surface area contributed by atoms with Gasteiger partial charge in [-0.2, -0.15) is 5.26 Å². The van der Waals surface area contributed by atoms with Crippen LogP contribution in [0.5, 0.6) is 11.5 Å². The summed E-state index contributed by atoms with van der Waals surface area (Å²) >= 11 is 0. The first kappa shape index (κ1) is 22.5. The number of carbonyl (C=O) groups is 1. The van der Waals surface area contributed by atoms with Gasteiger partial charge < -0.3 is 14.8 Å². The van der Waals surface area contributed by atoms with Gasteiger partial charge in [-0.05, 0) is 18.1 Å². The second kappa shape index (κ2) is 8.18. The Balaban J connectivity index is 0.00000363. The van der Waals surface area contributed by atoms with Gasteiger partial charge in [0.2, 0.25) is 0 Å². The Bertz CT molecular complexity index is 997. The maximum Gasteiger partial charge on any atom is 0.271 e. The monoisotopic (exact) mass is 424 g/mol. The number of hydrogen-bond donors (Lipinski definition) is 1. The van der Waals surface area contributed by atoms with Gasteiger partial charge in [0.05, 0.1) is 24.6 Å². The number of aromatic nitrogens is 2. The first-order valence-corrected chi connectivity index (χ1v) is 10.4. The van der Waals surface area contributed by atoms with Crippen LogP contribution in [-0.4, -0.2) is 35.1 Å². The Morgan fingerprint density at radius 1 is 1.19 bits per heavy atom. The van der Waals surface area contributed by atoms with Crippen molar-refractivity contribution in [3.63, 3.8) is 0 Å². The number of carbonyl (C=O) groups excluding carboxylic acids is 1. The fraction of sp³-hybridized carbons (Fsp3) is 0.500. The van der Waals surface area contributed by atoms with Crippen LogP contribution in [0.4, 0.5) is 0 Å². The van der Waals surface area contributed by atoms with Crippen LogP contribution in [0, 0.1) is 22.2 Å². The third-order valence-corrected chi connectivity index (χ3v) is 6.16. The second-order valence-corrected chi connectivity index (χ2v) is 9.50. The zero-order chi connectivity index (χ0) is 23.0. The molecule has 166 valence electrons. The highest BCUT2D eigenvalue weighted by atomic mass is 16.5. The smallest absolute Gasteiger partial charge is 0.271 e. The lowest BCUT2D eigenvalue weighted by molar-refractivity contribution is -0.164. The summed E-state index contributed by atoms with van der Waals surface area (Å²) in [5, 5.41) is 12.3. The number of ether oxygens (including phenoxy) is 2. The fourth-order valence-electron chi connectivity index (χ4n) is 4.73. The molecule has 1 amide bonds. The van der Waals surface area contributed by atoms with Crippen molar-refractivity contribution in [2.75, 3.05) is 7.11 Å². The molecule has 1 heterocycles. The molecular weight excluding hydrogens is 392 g/mol. The first-order chi connectivity index (χ1) is 14.5. The highest BCUT2D eigenvalue weighted by molar-refractivity contribution is 5.92. The van der Waals surface area contributed by atoms with Gasteiger partial charge in [0.15, 0.2) is 0 Å². The van der Waals surface area contributed by atoms with Crippen molar-refractivity contribution in [3.8, 4) is 17.6 Å². The van der Waals surface area contributed by atoms with Crippen molar-refractivity contribution >= 4 is 5.91 Å². The highest BCUT2D eigenvalue weighted by Gasteiger charge is 2.64. The van der Waals surface area contributed by atoms with Gasteiger partial charge >= 0.3 is 0 Å². The molecule has 0 aliphatic heterocycles. The summed E-state index contributed by atoms with van der Waals surface area (Å²) < 4.78 is 11.6. The first-order valence-electron chi connectivity index (χ1n) is 10.4. The summed E-state index contributed by atoms with van der Waals surface area (Å²) in [5.74, 6) is 1.12. The molecule has 1 aliphatic carbocycles. The van der Waals surface area contributed by atoms with Crippen LogP contribution in [0.3, 0.4) is 0 Å². The summed E-state index contributed by atoms with van der Waals surface area (Å²) in [6, 6.07) is 7.16. The summed E-state index contributed by atoms with van der Waals surface area (Å²) in [6.45, 7) is 12.4. The van der Waals surface area contributed by atoms with Gasteiger partial charge in [0.1, 0.15) is 29.4 Å². The van der Waals surface area contributed by atoms with Crippen molar-refractivity contribution in [2.24, 2.45) is 10.8 Å². The van der Waals surface area contributed by atoms with Gasteiger partial charge in [0, 0.05) is 30.6 Å². The lowest BCUT2D eigenvalue weighted by Gasteiger charge is -2.63. The number of methoxy groups -OCH3 is 1. The van der Waals surface area contributed by atoms with E-state index in [4.69, 9.17) is 9.47 Å². The number of amides is 1. The van der Waals surface area contributed by atoms with E-state index in [9.17, 15) is 10.1 Å². The molecule has 0 saturated heterocycles. The molecule has 7 nitrogen and oxygen atoms in total. The van der Waals surface area contributed by atoms with Crippen molar-refractivity contribution in [3.05, 3.63) is 47.5 Å². The number of hydrogen-bond acceptors (Lipinski definition) is 6. The van der Waals surface area contributed by atoms with E-state index in [0.717, 1.165) is 5.69 Å². The number of benzene rings is 1. The molecule has 2 aromatic rings. The molecule has 0 unspecified atom stereocenters. The molecular formula is C24H32N4O3. The van der Waals surface area contributed by atoms with Crippen LogP contribution in [0.2, 0.25) is 0 Å². The standard InChI is InChI=1S/C24H30N4O3.H2/c1-14(2)17-12-27-18(13-26-17)20(29)28-21-23(3,4)22(24(21,5)6)31-16-9-8-15(11-25)19(10-16)30-7;/h8-10,12-14,21-22H,1-7H3,(H,28,29);1H. The topological polar surface area (TPSA) is 97.1 Å². The molecule has 0 spiro atoms. The van der Waals surface area contributed by atoms with Gasteiger partial charge in [0.25, 0.3) is 5.91 Å². The largest absolute Gasteiger partial charge is 0.495 e. The van der Waals surface area contributed by atoms with Crippen LogP contribution >= 0.6 is 0 Å². The van der Waals surface area contributed by atoms with Crippen LogP contribution in [-0.2, 0) is 0 Å². The summed E-state index contributed by atoms with van der Waals surface area (Å²) in [7, 11) is 1.53. The van der Waals surface area contributed by atoms with E-state index in [1.165, 1.54) is 13.3 Å². The fourth-order valence-corrected chi connectivity index (χ4v) is 4.73. The predicted octanol–water partition coefficient (Wildman–Crippen LogP) is 4.34. The third-order valence-electron chi connectivity index (χ3n) is 6.16. The van der Waals surface area contributed by atoms with E-state index in [1.54, 1.807) is 24.4 Å². The van der Waals surface area contributed by atoms with E-state index in [2.05, 4.69) is 49.0 Å². The van der Waals surface area contributed by atoms with Crippen molar-refractivity contribution < 1.29 is 15.7 Å². The minimum absolute atomic E-state index is 0. The molecule has 7 heteroatoms. The molecule has 0 atom stereocenters. The molecule has 1 aromatic carbocycles. The highest BCUT2D eigenvalue weighted by Crippen LogP contribution is 2.55. The van der Waals surface area contributed by atoms with Gasteiger partial charge in [-0.15, -0.1) is 0 Å². The van der Waals surface area contributed by atoms with Crippen LogP contribution < -0.4 is 14.8 Å². The lowest BCUT2D eigenvalue weighted by Crippen LogP contribution is -2.74. The summed E-state index contributed by atoms with van der Waals surface area (Å²) in [5.41, 5.74) is 0.957. The average Bonchev–Trinajstić information content (AvgIpc) is 2.74. The Kier molecular flexibility index (Phi) is 5.95. The van der Waals surface area contributed by atoms with E-state index >= 15 is 0 Å². The number of nitrogens with zero attached hydrogens (tertiary/aromatic N) is 3. The van der Waals surface area contributed by atoms with Crippen LogP contribution in [0.15, 0.2) is 30.6 Å². The second-order valence-electron chi connectivity index (χ2n) is 9.50. The maximum absolute atomic E-state index is 12.8. The Labute approximate surface area is 185 Å². The molecule has 31 heavy (non-hydrogen) atoms. The average molecular weight is 425 g/mol. The van der Waals surface area contributed by atoms with Gasteiger partial charge in [-0.25, -0.2) is 4.98 Å². The van der Waals surface area contributed by atoms with E-state index in [-0.39, 0.29) is 36.2 Å². The minimum Gasteiger partial charge on any atom is -0.495 e.